The normalized spacial score (nSPS) is 23.4. The Hall–Kier alpha value is -2.28. The van der Waals surface area contributed by atoms with Gasteiger partial charge >= 0.3 is 12.1 Å². The van der Waals surface area contributed by atoms with Gasteiger partial charge in [-0.3, -0.25) is 4.90 Å². The van der Waals surface area contributed by atoms with E-state index < -0.39 is 19.7 Å². The van der Waals surface area contributed by atoms with Gasteiger partial charge in [-0.25, -0.2) is 14.2 Å². The second-order valence-corrected chi connectivity index (χ2v) is 18.1. The first-order chi connectivity index (χ1) is 19.9. The Morgan fingerprint density at radius 3 is 2.48 bits per heavy atom. The second kappa shape index (κ2) is 11.7. The number of hydrogen-bond donors (Lipinski definition) is 1. The number of hydrogen-bond acceptors (Lipinski definition) is 9. The minimum atomic E-state index is -1.99. The van der Waals surface area contributed by atoms with Crippen molar-refractivity contribution in [3.05, 3.63) is 17.2 Å². The number of anilines is 1. The first kappa shape index (κ1) is 31.2. The number of aliphatic hydroxyl groups excluding tert-OH is 1. The van der Waals surface area contributed by atoms with Crippen LogP contribution in [-0.4, -0.2) is 89.5 Å². The van der Waals surface area contributed by atoms with E-state index in [0.717, 1.165) is 31.0 Å². The molecule has 1 amide bonds. The summed E-state index contributed by atoms with van der Waals surface area (Å²) < 4.78 is 34.0. The molecule has 10 nitrogen and oxygen atoms in total. The van der Waals surface area contributed by atoms with Crippen LogP contribution in [0.25, 0.3) is 10.9 Å². The molecule has 2 saturated heterocycles. The number of carbonyl (C=O) groups excluding carboxylic acids is 1. The first-order valence-corrected chi connectivity index (χ1v) is 18.0. The van der Waals surface area contributed by atoms with E-state index >= 15 is 4.39 Å². The van der Waals surface area contributed by atoms with E-state index in [1.54, 1.807) is 0 Å². The molecule has 4 heterocycles. The van der Waals surface area contributed by atoms with Gasteiger partial charge in [0.15, 0.2) is 19.3 Å². The van der Waals surface area contributed by atoms with E-state index in [1.807, 2.05) is 25.7 Å². The second-order valence-electron chi connectivity index (χ2n) is 13.1. The maximum Gasteiger partial charge on any atom is 0.411 e. The van der Waals surface area contributed by atoms with Crippen LogP contribution in [0, 0.1) is 11.2 Å². The summed E-state index contributed by atoms with van der Waals surface area (Å²) in [7, 11) is -1.99. The molecule has 2 bridgehead atoms. The Bertz CT molecular complexity index is 1310. The molecule has 2 aromatic rings. The van der Waals surface area contributed by atoms with E-state index in [2.05, 4.69) is 35.6 Å². The van der Waals surface area contributed by atoms with E-state index in [4.69, 9.17) is 30.5 Å². The largest absolute Gasteiger partial charge is 0.463 e. The van der Waals surface area contributed by atoms with E-state index in [0.29, 0.717) is 30.7 Å². The summed E-state index contributed by atoms with van der Waals surface area (Å²) in [5.74, 6) is -0.275. The highest BCUT2D eigenvalue weighted by Crippen LogP contribution is 2.45. The molecule has 0 spiro atoms. The smallest absolute Gasteiger partial charge is 0.411 e. The van der Waals surface area contributed by atoms with Gasteiger partial charge in [-0.1, -0.05) is 32.4 Å². The highest BCUT2D eigenvalue weighted by Gasteiger charge is 2.52. The zero-order valence-corrected chi connectivity index (χ0v) is 27.2. The maximum absolute atomic E-state index is 15.3. The number of halogens is 2. The quantitative estimate of drug-likeness (QED) is 0.269. The number of pyridine rings is 1. The topological polar surface area (TPSA) is 110 Å². The van der Waals surface area contributed by atoms with Gasteiger partial charge in [-0.05, 0) is 58.2 Å². The lowest BCUT2D eigenvalue weighted by Crippen LogP contribution is -2.59. The summed E-state index contributed by atoms with van der Waals surface area (Å²) in [6.07, 6.45) is 3.36. The molecule has 3 fully saturated rings. The zero-order valence-electron chi connectivity index (χ0n) is 25.5. The minimum absolute atomic E-state index is 0.00695. The summed E-state index contributed by atoms with van der Waals surface area (Å²) in [6.45, 7) is 13.3. The van der Waals surface area contributed by atoms with Crippen molar-refractivity contribution < 1.29 is 28.2 Å². The standard InChI is InChI=1S/C29H43ClFN5O5Si/c1-7-42(8-2,9-3)41-21-12-18-14-35(15-20(21)36(18)27(38)40-28(4,5)6)25-19-13-32-24(30)22(31)23(19)33-26(34-25)39-17-29(16-37)10-11-29/h13,18,20-21,37H,7-12,14-17H2,1-6H3. The van der Waals surface area contributed by atoms with Crippen LogP contribution < -0.4 is 9.64 Å². The molecule has 5 rings (SSSR count). The molecule has 1 aliphatic carbocycles. The van der Waals surface area contributed by atoms with Crippen molar-refractivity contribution in [1.29, 1.82) is 0 Å². The number of nitrogens with zero attached hydrogens (tertiary/aromatic N) is 5. The van der Waals surface area contributed by atoms with Crippen molar-refractivity contribution in [2.45, 2.75) is 103 Å². The van der Waals surface area contributed by atoms with Crippen molar-refractivity contribution in [1.82, 2.24) is 19.9 Å². The third kappa shape index (κ3) is 6.04. The molecule has 1 N–H and O–H groups in total. The van der Waals surface area contributed by atoms with Crippen LogP contribution in [0.2, 0.25) is 23.3 Å². The number of piperazine rings is 1. The molecule has 42 heavy (non-hydrogen) atoms. The highest BCUT2D eigenvalue weighted by atomic mass is 35.5. The average Bonchev–Trinajstić information content (AvgIpc) is 3.71. The molecule has 0 radical (unpaired) electrons. The van der Waals surface area contributed by atoms with Crippen LogP contribution in [0.4, 0.5) is 15.0 Å². The third-order valence-corrected chi connectivity index (χ3v) is 14.1. The molecule has 232 valence electrons. The molecule has 13 heteroatoms. The minimum Gasteiger partial charge on any atom is -0.463 e. The maximum atomic E-state index is 15.3. The van der Waals surface area contributed by atoms with Crippen LogP contribution >= 0.6 is 11.6 Å². The molecule has 3 aliphatic rings. The molecular weight excluding hydrogens is 581 g/mol. The molecule has 1 saturated carbocycles. The zero-order chi connectivity index (χ0) is 30.4. The number of ether oxygens (including phenoxy) is 2. The Labute approximate surface area is 253 Å². The average molecular weight is 624 g/mol. The van der Waals surface area contributed by atoms with Gasteiger partial charge in [-0.2, -0.15) is 9.97 Å². The highest BCUT2D eigenvalue weighted by molar-refractivity contribution is 6.73. The Kier molecular flexibility index (Phi) is 8.65. The van der Waals surface area contributed by atoms with Crippen LogP contribution in [0.15, 0.2) is 6.20 Å². The third-order valence-electron chi connectivity index (χ3n) is 9.16. The van der Waals surface area contributed by atoms with E-state index in [1.165, 1.54) is 6.20 Å². The Morgan fingerprint density at radius 1 is 1.19 bits per heavy atom. The summed E-state index contributed by atoms with van der Waals surface area (Å²) in [5.41, 5.74) is -0.916. The fourth-order valence-electron chi connectivity index (χ4n) is 6.18. The van der Waals surface area contributed by atoms with Crippen molar-refractivity contribution in [2.24, 2.45) is 5.41 Å². The molecule has 3 atom stereocenters. The summed E-state index contributed by atoms with van der Waals surface area (Å²) in [4.78, 5) is 30.5. The van der Waals surface area contributed by atoms with Gasteiger partial charge in [0.2, 0.25) is 0 Å². The molecule has 3 unspecified atom stereocenters. The van der Waals surface area contributed by atoms with Gasteiger partial charge in [0.25, 0.3) is 0 Å². The van der Waals surface area contributed by atoms with Crippen LogP contribution in [0.1, 0.15) is 60.8 Å². The number of aliphatic hydroxyl groups is 1. The van der Waals surface area contributed by atoms with Gasteiger partial charge < -0.3 is 23.9 Å². The lowest BCUT2D eigenvalue weighted by atomic mass is 10.1. The van der Waals surface area contributed by atoms with Gasteiger partial charge in [0, 0.05) is 24.7 Å². The number of amides is 1. The Balaban J connectivity index is 1.51. The van der Waals surface area contributed by atoms with Crippen molar-refractivity contribution >= 4 is 42.7 Å². The van der Waals surface area contributed by atoms with Crippen LogP contribution in [0.3, 0.4) is 0 Å². The van der Waals surface area contributed by atoms with Crippen molar-refractivity contribution in [3.63, 3.8) is 0 Å². The fourth-order valence-corrected chi connectivity index (χ4v) is 9.21. The summed E-state index contributed by atoms with van der Waals surface area (Å²) in [5, 5.41) is 9.87. The van der Waals surface area contributed by atoms with E-state index in [9.17, 15) is 9.90 Å². The van der Waals surface area contributed by atoms with Gasteiger partial charge in [0.05, 0.1) is 36.8 Å². The lowest BCUT2D eigenvalue weighted by Gasteiger charge is -2.43. The number of aromatic nitrogens is 3. The number of carbonyl (C=O) groups is 1. The van der Waals surface area contributed by atoms with Gasteiger partial charge in [0.1, 0.15) is 16.9 Å². The summed E-state index contributed by atoms with van der Waals surface area (Å²) >= 11 is 6.04. The number of fused-ring (bicyclic) bond motifs is 3. The predicted octanol–water partition coefficient (Wildman–Crippen LogP) is 5.56. The summed E-state index contributed by atoms with van der Waals surface area (Å²) in [6, 6.07) is 2.55. The SMILES string of the molecule is CC[Si](CC)(CC)OC1CC2CN(c3nc(OCC4(CO)CC4)nc4c(F)c(Cl)ncc34)CC1N2C(=O)OC(C)(C)C. The molecule has 2 aromatic heterocycles. The molecular formula is C29H43ClFN5O5Si. The molecule has 2 aliphatic heterocycles. The van der Waals surface area contributed by atoms with Crippen molar-refractivity contribution in [3.8, 4) is 6.01 Å². The monoisotopic (exact) mass is 623 g/mol. The number of rotatable bonds is 10. The van der Waals surface area contributed by atoms with Crippen molar-refractivity contribution in [2.75, 3.05) is 31.2 Å². The van der Waals surface area contributed by atoms with Gasteiger partial charge in [-0.15, -0.1) is 0 Å². The fraction of sp³-hybridized carbons (Fsp3) is 0.724. The first-order valence-electron chi connectivity index (χ1n) is 15.1. The van der Waals surface area contributed by atoms with E-state index in [-0.39, 0.29) is 59.6 Å². The predicted molar refractivity (Wildman–Crippen MR) is 161 cm³/mol. The lowest BCUT2D eigenvalue weighted by molar-refractivity contribution is 0.00685. The Morgan fingerprint density at radius 2 is 1.88 bits per heavy atom. The molecule has 0 aromatic carbocycles. The van der Waals surface area contributed by atoms with Crippen LogP contribution in [-0.2, 0) is 9.16 Å². The van der Waals surface area contributed by atoms with Crippen LogP contribution in [0.5, 0.6) is 6.01 Å².